The van der Waals surface area contributed by atoms with Crippen LogP contribution in [0.4, 0.5) is 0 Å². The third-order valence-corrected chi connectivity index (χ3v) is 3.35. The second-order valence-corrected chi connectivity index (χ2v) is 4.35. The van der Waals surface area contributed by atoms with E-state index in [1.54, 1.807) is 0 Å². The Bertz CT molecular complexity index is 121. The Labute approximate surface area is 87.8 Å². The Balaban J connectivity index is 3.61. The fourth-order valence-electron chi connectivity index (χ4n) is 0.946. The third kappa shape index (κ3) is 5.53. The molecule has 0 saturated carbocycles. The molecule has 13 heavy (non-hydrogen) atoms. The molecule has 2 unspecified atom stereocenters. The van der Waals surface area contributed by atoms with Crippen LogP contribution in [0.1, 0.15) is 47.0 Å². The SMILES string of the molecule is CCC(C)CCOC(C)(CC)CCl. The van der Waals surface area contributed by atoms with Crippen LogP contribution in [0, 0.1) is 5.92 Å². The fraction of sp³-hybridized carbons (Fsp3) is 1.00. The lowest BCUT2D eigenvalue weighted by Crippen LogP contribution is -2.30. The summed E-state index contributed by atoms with van der Waals surface area (Å²) in [5, 5.41) is 0. The lowest BCUT2D eigenvalue weighted by atomic mass is 10.0. The zero-order valence-electron chi connectivity index (χ0n) is 9.40. The van der Waals surface area contributed by atoms with Gasteiger partial charge in [-0.25, -0.2) is 0 Å². The molecule has 0 aromatic rings. The Hall–Kier alpha value is 0.250. The van der Waals surface area contributed by atoms with Crippen molar-refractivity contribution >= 4 is 11.6 Å². The van der Waals surface area contributed by atoms with Gasteiger partial charge in [0.25, 0.3) is 0 Å². The molecule has 0 aliphatic carbocycles. The minimum Gasteiger partial charge on any atom is -0.374 e. The Morgan fingerprint density at radius 2 is 2.00 bits per heavy atom. The molecule has 0 aromatic carbocycles. The van der Waals surface area contributed by atoms with Gasteiger partial charge in [-0.2, -0.15) is 0 Å². The number of halogens is 1. The van der Waals surface area contributed by atoms with E-state index < -0.39 is 0 Å². The van der Waals surface area contributed by atoms with Crippen LogP contribution in [0.2, 0.25) is 0 Å². The quantitative estimate of drug-likeness (QED) is 0.575. The van der Waals surface area contributed by atoms with E-state index in [2.05, 4.69) is 27.7 Å². The molecular weight excluding hydrogens is 184 g/mol. The maximum Gasteiger partial charge on any atom is 0.0786 e. The second-order valence-electron chi connectivity index (χ2n) is 4.09. The third-order valence-electron chi connectivity index (χ3n) is 2.79. The molecule has 0 spiro atoms. The van der Waals surface area contributed by atoms with Gasteiger partial charge in [-0.05, 0) is 25.7 Å². The highest BCUT2D eigenvalue weighted by Gasteiger charge is 2.21. The lowest BCUT2D eigenvalue weighted by Gasteiger charge is -2.26. The average Bonchev–Trinajstić information content (AvgIpc) is 2.17. The number of hydrogen-bond acceptors (Lipinski definition) is 1. The molecule has 80 valence electrons. The standard InChI is InChI=1S/C11H23ClO/c1-5-10(3)7-8-13-11(4,6-2)9-12/h10H,5-9H2,1-4H3. The van der Waals surface area contributed by atoms with E-state index in [1.807, 2.05) is 0 Å². The van der Waals surface area contributed by atoms with Crippen molar-refractivity contribution in [3.63, 3.8) is 0 Å². The molecule has 0 aliphatic rings. The van der Waals surface area contributed by atoms with E-state index in [1.165, 1.54) is 6.42 Å². The number of ether oxygens (including phenoxy) is 1. The monoisotopic (exact) mass is 206 g/mol. The summed E-state index contributed by atoms with van der Waals surface area (Å²) >= 11 is 5.83. The molecule has 0 bridgehead atoms. The largest absolute Gasteiger partial charge is 0.374 e. The zero-order valence-corrected chi connectivity index (χ0v) is 10.2. The van der Waals surface area contributed by atoms with E-state index >= 15 is 0 Å². The van der Waals surface area contributed by atoms with Crippen molar-refractivity contribution in [3.05, 3.63) is 0 Å². The summed E-state index contributed by atoms with van der Waals surface area (Å²) in [5.41, 5.74) is -0.116. The van der Waals surface area contributed by atoms with E-state index in [9.17, 15) is 0 Å². The van der Waals surface area contributed by atoms with Crippen LogP contribution in [0.5, 0.6) is 0 Å². The number of alkyl halides is 1. The van der Waals surface area contributed by atoms with E-state index in [-0.39, 0.29) is 5.60 Å². The van der Waals surface area contributed by atoms with Gasteiger partial charge >= 0.3 is 0 Å². The molecule has 0 saturated heterocycles. The van der Waals surface area contributed by atoms with Crippen LogP contribution >= 0.6 is 11.6 Å². The smallest absolute Gasteiger partial charge is 0.0786 e. The summed E-state index contributed by atoms with van der Waals surface area (Å²) in [7, 11) is 0. The van der Waals surface area contributed by atoms with Crippen molar-refractivity contribution in [1.82, 2.24) is 0 Å². The van der Waals surface area contributed by atoms with Gasteiger partial charge < -0.3 is 4.74 Å². The molecule has 0 N–H and O–H groups in total. The Kier molecular flexibility index (Phi) is 6.79. The topological polar surface area (TPSA) is 9.23 Å². The minimum atomic E-state index is -0.116. The van der Waals surface area contributed by atoms with Gasteiger partial charge in [0.1, 0.15) is 0 Å². The van der Waals surface area contributed by atoms with Crippen molar-refractivity contribution < 1.29 is 4.74 Å². The highest BCUT2D eigenvalue weighted by molar-refractivity contribution is 6.18. The zero-order chi connectivity index (χ0) is 10.3. The van der Waals surface area contributed by atoms with Gasteiger partial charge in [0.05, 0.1) is 11.5 Å². The molecule has 0 rings (SSSR count). The molecule has 0 heterocycles. The molecule has 1 nitrogen and oxygen atoms in total. The molecular formula is C11H23ClO. The van der Waals surface area contributed by atoms with Gasteiger partial charge in [-0.1, -0.05) is 27.2 Å². The molecule has 0 fully saturated rings. The Morgan fingerprint density at radius 1 is 1.38 bits per heavy atom. The first-order valence-electron chi connectivity index (χ1n) is 5.28. The first-order valence-corrected chi connectivity index (χ1v) is 5.81. The van der Waals surface area contributed by atoms with Crippen molar-refractivity contribution in [3.8, 4) is 0 Å². The average molecular weight is 207 g/mol. The summed E-state index contributed by atoms with van der Waals surface area (Å²) in [6.45, 7) is 9.51. The Morgan fingerprint density at radius 3 is 2.38 bits per heavy atom. The van der Waals surface area contributed by atoms with Crippen molar-refractivity contribution in [2.45, 2.75) is 52.6 Å². The highest BCUT2D eigenvalue weighted by atomic mass is 35.5. The van der Waals surface area contributed by atoms with E-state index in [0.717, 1.165) is 25.4 Å². The van der Waals surface area contributed by atoms with Gasteiger partial charge in [-0.3, -0.25) is 0 Å². The first-order chi connectivity index (χ1) is 6.08. The molecule has 2 heteroatoms. The number of rotatable bonds is 7. The van der Waals surface area contributed by atoms with Gasteiger partial charge in [0.2, 0.25) is 0 Å². The molecule has 0 aliphatic heterocycles. The van der Waals surface area contributed by atoms with Crippen LogP contribution in [-0.2, 0) is 4.74 Å². The maximum absolute atomic E-state index is 5.83. The lowest BCUT2D eigenvalue weighted by molar-refractivity contribution is -0.0224. The van der Waals surface area contributed by atoms with Gasteiger partial charge in [0.15, 0.2) is 0 Å². The fourth-order valence-corrected chi connectivity index (χ4v) is 1.21. The molecule has 0 aromatic heterocycles. The van der Waals surface area contributed by atoms with Crippen LogP contribution in [0.25, 0.3) is 0 Å². The van der Waals surface area contributed by atoms with Gasteiger partial charge in [0, 0.05) is 6.61 Å². The normalized spacial score (nSPS) is 18.2. The van der Waals surface area contributed by atoms with Crippen LogP contribution < -0.4 is 0 Å². The van der Waals surface area contributed by atoms with Gasteiger partial charge in [-0.15, -0.1) is 11.6 Å². The van der Waals surface area contributed by atoms with Crippen molar-refractivity contribution in [2.75, 3.05) is 12.5 Å². The highest BCUT2D eigenvalue weighted by Crippen LogP contribution is 2.18. The minimum absolute atomic E-state index is 0.116. The summed E-state index contributed by atoms with van der Waals surface area (Å²) in [4.78, 5) is 0. The van der Waals surface area contributed by atoms with Crippen LogP contribution in [0.3, 0.4) is 0 Å². The van der Waals surface area contributed by atoms with Crippen LogP contribution in [-0.4, -0.2) is 18.1 Å². The number of hydrogen-bond donors (Lipinski definition) is 0. The summed E-state index contributed by atoms with van der Waals surface area (Å²) < 4.78 is 5.77. The first kappa shape index (κ1) is 13.2. The summed E-state index contributed by atoms with van der Waals surface area (Å²) in [6.07, 6.45) is 3.35. The maximum atomic E-state index is 5.83. The van der Waals surface area contributed by atoms with Crippen LogP contribution in [0.15, 0.2) is 0 Å². The predicted molar refractivity (Wildman–Crippen MR) is 59.4 cm³/mol. The predicted octanol–water partition coefficient (Wildman–Crippen LogP) is 3.85. The van der Waals surface area contributed by atoms with Crippen molar-refractivity contribution in [1.29, 1.82) is 0 Å². The summed E-state index contributed by atoms with van der Waals surface area (Å²) in [5.74, 6) is 1.35. The second kappa shape index (κ2) is 6.67. The van der Waals surface area contributed by atoms with E-state index in [0.29, 0.717) is 5.88 Å². The van der Waals surface area contributed by atoms with E-state index in [4.69, 9.17) is 16.3 Å². The molecule has 0 radical (unpaired) electrons. The molecule has 2 atom stereocenters. The van der Waals surface area contributed by atoms with Crippen molar-refractivity contribution in [2.24, 2.45) is 5.92 Å². The summed E-state index contributed by atoms with van der Waals surface area (Å²) in [6, 6.07) is 0. The molecule has 0 amide bonds.